The highest BCUT2D eigenvalue weighted by molar-refractivity contribution is 14.0. The molecular weight excluding hydrogens is 419 g/mol. The molecule has 6 heteroatoms. The number of aliphatic imine (C=N–C) groups is 1. The van der Waals surface area contributed by atoms with Gasteiger partial charge in [0.1, 0.15) is 0 Å². The Hall–Kier alpha value is -0.340. The van der Waals surface area contributed by atoms with Crippen LogP contribution in [0.15, 0.2) is 22.5 Å². The Kier molecular flexibility index (Phi) is 10.9. The molecule has 0 unspecified atom stereocenters. The van der Waals surface area contributed by atoms with Gasteiger partial charge in [-0.05, 0) is 63.2 Å². The molecule has 0 saturated carbocycles. The molecule has 0 atom stereocenters. The van der Waals surface area contributed by atoms with Crippen LogP contribution in [0.3, 0.4) is 0 Å². The Morgan fingerprint density at radius 1 is 1.30 bits per heavy atom. The number of nitrogens with zero attached hydrogens (tertiary/aromatic N) is 2. The molecule has 1 aromatic heterocycles. The Bertz CT molecular complexity index is 428. The van der Waals surface area contributed by atoms with E-state index in [2.05, 4.69) is 51.9 Å². The van der Waals surface area contributed by atoms with Gasteiger partial charge in [-0.15, -0.1) is 35.3 Å². The molecule has 0 spiro atoms. The molecule has 2 rings (SSSR count). The van der Waals surface area contributed by atoms with Crippen LogP contribution >= 0.6 is 35.3 Å². The van der Waals surface area contributed by atoms with Crippen molar-refractivity contribution in [3.8, 4) is 0 Å². The first-order valence-electron chi connectivity index (χ1n) is 8.58. The van der Waals surface area contributed by atoms with Gasteiger partial charge in [-0.25, -0.2) is 4.99 Å². The molecule has 1 aromatic rings. The molecule has 0 bridgehead atoms. The normalized spacial score (nSPS) is 16.9. The minimum Gasteiger partial charge on any atom is -0.357 e. The molecule has 1 aliphatic rings. The van der Waals surface area contributed by atoms with E-state index in [1.807, 2.05) is 0 Å². The van der Waals surface area contributed by atoms with E-state index >= 15 is 0 Å². The zero-order valence-electron chi connectivity index (χ0n) is 14.4. The van der Waals surface area contributed by atoms with Crippen LogP contribution in [0, 0.1) is 5.92 Å². The van der Waals surface area contributed by atoms with Crippen LogP contribution in [-0.2, 0) is 6.54 Å². The lowest BCUT2D eigenvalue weighted by Gasteiger charge is -2.31. The zero-order chi connectivity index (χ0) is 15.6. The van der Waals surface area contributed by atoms with Crippen LogP contribution in [0.4, 0.5) is 0 Å². The fraction of sp³-hybridized carbons (Fsp3) is 0.706. The van der Waals surface area contributed by atoms with Gasteiger partial charge < -0.3 is 15.5 Å². The molecular formula is C17H31IN4S. The van der Waals surface area contributed by atoms with E-state index in [1.165, 1.54) is 43.8 Å². The van der Waals surface area contributed by atoms with E-state index < -0.39 is 0 Å². The second kappa shape index (κ2) is 12.1. The van der Waals surface area contributed by atoms with Crippen molar-refractivity contribution >= 4 is 41.3 Å². The number of rotatable bonds is 7. The van der Waals surface area contributed by atoms with Gasteiger partial charge >= 0.3 is 0 Å². The fourth-order valence-electron chi connectivity index (χ4n) is 2.89. The van der Waals surface area contributed by atoms with Crippen molar-refractivity contribution in [2.24, 2.45) is 10.9 Å². The van der Waals surface area contributed by atoms with Crippen LogP contribution in [0.1, 0.15) is 38.0 Å². The van der Waals surface area contributed by atoms with Crippen molar-refractivity contribution in [2.45, 2.75) is 39.7 Å². The average Bonchev–Trinajstić information content (AvgIpc) is 3.06. The van der Waals surface area contributed by atoms with Gasteiger partial charge in [0.2, 0.25) is 0 Å². The van der Waals surface area contributed by atoms with E-state index in [-0.39, 0.29) is 24.0 Å². The zero-order valence-corrected chi connectivity index (χ0v) is 17.5. The summed E-state index contributed by atoms with van der Waals surface area (Å²) in [6.45, 7) is 10.8. The highest BCUT2D eigenvalue weighted by atomic mass is 127. The topological polar surface area (TPSA) is 39.7 Å². The molecule has 23 heavy (non-hydrogen) atoms. The molecule has 2 heterocycles. The molecule has 0 aromatic carbocycles. The molecule has 0 aliphatic carbocycles. The van der Waals surface area contributed by atoms with Crippen LogP contribution < -0.4 is 10.6 Å². The Morgan fingerprint density at radius 3 is 2.70 bits per heavy atom. The second-order valence-electron chi connectivity index (χ2n) is 5.87. The van der Waals surface area contributed by atoms with Gasteiger partial charge in [-0.3, -0.25) is 0 Å². The molecule has 0 amide bonds. The summed E-state index contributed by atoms with van der Waals surface area (Å²) in [7, 11) is 0. The van der Waals surface area contributed by atoms with Gasteiger partial charge in [0.05, 0.1) is 6.54 Å². The van der Waals surface area contributed by atoms with Crippen molar-refractivity contribution in [2.75, 3.05) is 32.7 Å². The lowest BCUT2D eigenvalue weighted by Crippen LogP contribution is -2.39. The monoisotopic (exact) mass is 450 g/mol. The highest BCUT2D eigenvalue weighted by Gasteiger charge is 2.17. The third-order valence-corrected chi connectivity index (χ3v) is 5.18. The summed E-state index contributed by atoms with van der Waals surface area (Å²) >= 11 is 1.76. The summed E-state index contributed by atoms with van der Waals surface area (Å²) in [5.74, 6) is 1.82. The van der Waals surface area contributed by atoms with Crippen molar-refractivity contribution in [3.63, 3.8) is 0 Å². The number of thiophene rings is 1. The fourth-order valence-corrected chi connectivity index (χ4v) is 3.52. The van der Waals surface area contributed by atoms with Gasteiger partial charge in [-0.2, -0.15) is 0 Å². The SMILES string of the molecule is CCNC(=NCc1cccs1)NCCC1CCN(CC)CC1.I. The van der Waals surface area contributed by atoms with E-state index in [0.717, 1.165) is 31.5 Å². The lowest BCUT2D eigenvalue weighted by molar-refractivity contribution is 0.187. The molecule has 1 saturated heterocycles. The first-order valence-corrected chi connectivity index (χ1v) is 9.46. The Morgan fingerprint density at radius 2 is 2.09 bits per heavy atom. The summed E-state index contributed by atoms with van der Waals surface area (Å²) in [5.41, 5.74) is 0. The minimum atomic E-state index is 0. The molecule has 2 N–H and O–H groups in total. The predicted octanol–water partition coefficient (Wildman–Crippen LogP) is 3.54. The standard InChI is InChI=1S/C17H30N4S.HI/c1-3-18-17(20-14-16-6-5-13-22-16)19-10-7-15-8-11-21(4-2)12-9-15;/h5-6,13,15H,3-4,7-12,14H2,1-2H3,(H2,18,19,20);1H. The smallest absolute Gasteiger partial charge is 0.191 e. The maximum atomic E-state index is 4.66. The van der Waals surface area contributed by atoms with E-state index in [0.29, 0.717) is 0 Å². The molecule has 132 valence electrons. The van der Waals surface area contributed by atoms with Crippen LogP contribution in [0.5, 0.6) is 0 Å². The first kappa shape index (κ1) is 20.7. The van der Waals surface area contributed by atoms with Gasteiger partial charge in [0.25, 0.3) is 0 Å². The number of halogens is 1. The minimum absolute atomic E-state index is 0. The number of hydrogen-bond acceptors (Lipinski definition) is 3. The van der Waals surface area contributed by atoms with Crippen LogP contribution in [0.25, 0.3) is 0 Å². The maximum absolute atomic E-state index is 4.66. The third kappa shape index (κ3) is 7.85. The van der Waals surface area contributed by atoms with Crippen molar-refractivity contribution in [1.29, 1.82) is 0 Å². The van der Waals surface area contributed by atoms with Crippen molar-refractivity contribution < 1.29 is 0 Å². The average molecular weight is 450 g/mol. The second-order valence-corrected chi connectivity index (χ2v) is 6.90. The number of guanidine groups is 1. The molecule has 4 nitrogen and oxygen atoms in total. The molecule has 1 fully saturated rings. The summed E-state index contributed by atoms with van der Waals surface area (Å²) < 4.78 is 0. The van der Waals surface area contributed by atoms with Crippen molar-refractivity contribution in [1.82, 2.24) is 15.5 Å². The third-order valence-electron chi connectivity index (χ3n) is 4.32. The summed E-state index contributed by atoms with van der Waals surface area (Å²) in [6.07, 6.45) is 3.94. The number of nitrogens with one attached hydrogen (secondary N) is 2. The first-order chi connectivity index (χ1) is 10.8. The van der Waals surface area contributed by atoms with Gasteiger partial charge in [0.15, 0.2) is 5.96 Å². The maximum Gasteiger partial charge on any atom is 0.191 e. The quantitative estimate of drug-likeness (QED) is 0.379. The summed E-state index contributed by atoms with van der Waals surface area (Å²) in [6, 6.07) is 4.22. The highest BCUT2D eigenvalue weighted by Crippen LogP contribution is 2.19. The molecule has 1 aliphatic heterocycles. The lowest BCUT2D eigenvalue weighted by atomic mass is 9.93. The largest absolute Gasteiger partial charge is 0.357 e. The Balaban J connectivity index is 0.00000264. The van der Waals surface area contributed by atoms with Gasteiger partial charge in [0, 0.05) is 18.0 Å². The van der Waals surface area contributed by atoms with Gasteiger partial charge in [-0.1, -0.05) is 13.0 Å². The predicted molar refractivity (Wildman–Crippen MR) is 112 cm³/mol. The van der Waals surface area contributed by atoms with Crippen LogP contribution in [0.2, 0.25) is 0 Å². The van der Waals surface area contributed by atoms with E-state index in [9.17, 15) is 0 Å². The van der Waals surface area contributed by atoms with Crippen molar-refractivity contribution in [3.05, 3.63) is 22.4 Å². The summed E-state index contributed by atoms with van der Waals surface area (Å²) in [5, 5.41) is 8.92. The van der Waals surface area contributed by atoms with Crippen LogP contribution in [-0.4, -0.2) is 43.6 Å². The number of hydrogen-bond donors (Lipinski definition) is 2. The van der Waals surface area contributed by atoms with E-state index in [1.54, 1.807) is 11.3 Å². The Labute approximate surface area is 162 Å². The van der Waals surface area contributed by atoms with E-state index in [4.69, 9.17) is 0 Å². The number of likely N-dealkylation sites (tertiary alicyclic amines) is 1. The summed E-state index contributed by atoms with van der Waals surface area (Å²) in [4.78, 5) is 8.52. The number of piperidine rings is 1. The molecule has 0 radical (unpaired) electrons.